The summed E-state index contributed by atoms with van der Waals surface area (Å²) in [6, 6.07) is 7.98. The summed E-state index contributed by atoms with van der Waals surface area (Å²) in [5, 5.41) is 7.37. The van der Waals surface area contributed by atoms with Crippen molar-refractivity contribution in [3.63, 3.8) is 0 Å². The van der Waals surface area contributed by atoms with Crippen LogP contribution < -0.4 is 9.47 Å². The quantitative estimate of drug-likeness (QED) is 0.928. The van der Waals surface area contributed by atoms with Crippen LogP contribution in [0.4, 0.5) is 0 Å². The first-order chi connectivity index (χ1) is 12.2. The van der Waals surface area contributed by atoms with Crippen molar-refractivity contribution in [2.45, 2.75) is 38.5 Å². The molecular weight excluding hydrogens is 318 g/mol. The van der Waals surface area contributed by atoms with Gasteiger partial charge in [-0.05, 0) is 49.9 Å². The number of aromatic nitrogens is 2. The molecule has 1 saturated heterocycles. The molecule has 1 fully saturated rings. The maximum atomic E-state index is 12.6. The topological polar surface area (TPSA) is 67.5 Å². The zero-order valence-electron chi connectivity index (χ0n) is 14.5. The lowest BCUT2D eigenvalue weighted by Crippen LogP contribution is -2.39. The first kappa shape index (κ1) is 16.0. The Labute approximate surface area is 147 Å². The number of nitrogens with zero attached hydrogens (tertiary/aromatic N) is 2. The number of fused-ring (bicyclic) bond motifs is 1. The van der Waals surface area contributed by atoms with Crippen LogP contribution in [0.3, 0.4) is 0 Å². The maximum Gasteiger partial charge on any atom is 0.231 e. The maximum absolute atomic E-state index is 12.6. The van der Waals surface area contributed by atoms with E-state index in [-0.39, 0.29) is 12.7 Å². The summed E-state index contributed by atoms with van der Waals surface area (Å²) in [6.45, 7) is 3.90. The number of ether oxygens (including phenoxy) is 2. The van der Waals surface area contributed by atoms with E-state index in [0.717, 1.165) is 60.8 Å². The number of nitrogens with one attached hydrogen (secondary N) is 1. The minimum absolute atomic E-state index is 0.217. The van der Waals surface area contributed by atoms with Crippen LogP contribution in [0, 0.1) is 6.92 Å². The predicted molar refractivity (Wildman–Crippen MR) is 92.8 cm³/mol. The van der Waals surface area contributed by atoms with Gasteiger partial charge >= 0.3 is 0 Å². The van der Waals surface area contributed by atoms with Crippen LogP contribution in [0.1, 0.15) is 42.1 Å². The average molecular weight is 341 g/mol. The fourth-order valence-electron chi connectivity index (χ4n) is 3.60. The predicted octanol–water partition coefficient (Wildman–Crippen LogP) is 2.79. The van der Waals surface area contributed by atoms with Crippen LogP contribution in [0.5, 0.6) is 11.5 Å². The number of hydrogen-bond donors (Lipinski definition) is 1. The second-order valence-corrected chi connectivity index (χ2v) is 6.84. The third kappa shape index (κ3) is 3.48. The molecule has 2 aliphatic rings. The van der Waals surface area contributed by atoms with Gasteiger partial charge in [-0.25, -0.2) is 0 Å². The number of piperidine rings is 1. The van der Waals surface area contributed by atoms with Crippen molar-refractivity contribution in [3.8, 4) is 11.5 Å². The van der Waals surface area contributed by atoms with E-state index in [1.165, 1.54) is 0 Å². The van der Waals surface area contributed by atoms with Crippen molar-refractivity contribution in [1.82, 2.24) is 15.1 Å². The lowest BCUT2D eigenvalue weighted by molar-refractivity contribution is -0.132. The molecule has 1 N–H and O–H groups in total. The summed E-state index contributed by atoms with van der Waals surface area (Å²) >= 11 is 0. The van der Waals surface area contributed by atoms with Gasteiger partial charge in [0, 0.05) is 31.1 Å². The van der Waals surface area contributed by atoms with E-state index in [1.807, 2.05) is 30.0 Å². The third-order valence-corrected chi connectivity index (χ3v) is 4.98. The van der Waals surface area contributed by atoms with Crippen molar-refractivity contribution >= 4 is 5.91 Å². The van der Waals surface area contributed by atoms with Crippen LogP contribution in [0.15, 0.2) is 24.3 Å². The summed E-state index contributed by atoms with van der Waals surface area (Å²) in [4.78, 5) is 14.6. The van der Waals surface area contributed by atoms with E-state index in [1.54, 1.807) is 0 Å². The van der Waals surface area contributed by atoms with Crippen LogP contribution in [-0.4, -0.2) is 40.9 Å². The molecule has 132 valence electrons. The Bertz CT molecular complexity index is 771. The molecule has 2 aliphatic heterocycles. The van der Waals surface area contributed by atoms with Gasteiger partial charge in [-0.3, -0.25) is 9.89 Å². The molecule has 6 nitrogen and oxygen atoms in total. The van der Waals surface area contributed by atoms with Gasteiger partial charge in [0.05, 0.1) is 5.69 Å². The molecule has 0 radical (unpaired) electrons. The van der Waals surface area contributed by atoms with Gasteiger partial charge in [0.1, 0.15) is 0 Å². The number of amides is 1. The van der Waals surface area contributed by atoms with E-state index in [2.05, 4.69) is 16.3 Å². The number of carbonyl (C=O) groups excluding carboxylic acids is 1. The average Bonchev–Trinajstić information content (AvgIpc) is 3.28. The summed E-state index contributed by atoms with van der Waals surface area (Å²) in [5.41, 5.74) is 3.25. The van der Waals surface area contributed by atoms with Crippen molar-refractivity contribution in [3.05, 3.63) is 41.2 Å². The molecule has 2 aromatic rings. The lowest BCUT2D eigenvalue weighted by atomic mass is 9.94. The van der Waals surface area contributed by atoms with E-state index in [9.17, 15) is 4.79 Å². The number of aromatic amines is 1. The van der Waals surface area contributed by atoms with E-state index in [4.69, 9.17) is 9.47 Å². The molecule has 0 unspecified atom stereocenters. The summed E-state index contributed by atoms with van der Waals surface area (Å²) in [6.07, 6.45) is 3.37. The number of aryl methyl sites for hydroxylation is 2. The zero-order valence-corrected chi connectivity index (χ0v) is 14.5. The van der Waals surface area contributed by atoms with Gasteiger partial charge in [0.25, 0.3) is 0 Å². The van der Waals surface area contributed by atoms with Crippen LogP contribution in [-0.2, 0) is 11.2 Å². The second-order valence-electron chi connectivity index (χ2n) is 6.84. The summed E-state index contributed by atoms with van der Waals surface area (Å²) < 4.78 is 10.7. The normalized spacial score (nSPS) is 19.2. The molecule has 3 heterocycles. The van der Waals surface area contributed by atoms with E-state index < -0.39 is 0 Å². The fraction of sp³-hybridized carbons (Fsp3) is 0.474. The molecule has 4 rings (SSSR count). The van der Waals surface area contributed by atoms with Gasteiger partial charge in [0.15, 0.2) is 11.5 Å². The highest BCUT2D eigenvalue weighted by molar-refractivity contribution is 5.76. The van der Waals surface area contributed by atoms with Crippen molar-refractivity contribution in [2.24, 2.45) is 0 Å². The molecule has 0 aliphatic carbocycles. The number of likely N-dealkylation sites (tertiary alicyclic amines) is 1. The fourth-order valence-corrected chi connectivity index (χ4v) is 3.60. The number of benzene rings is 1. The first-order valence-electron chi connectivity index (χ1n) is 8.87. The Morgan fingerprint density at radius 1 is 1.32 bits per heavy atom. The SMILES string of the molecule is Cc1cc([C@H]2CCCN(C(=O)CCc3ccc4c(c3)OCO4)C2)n[nH]1. The van der Waals surface area contributed by atoms with Crippen LogP contribution in [0.25, 0.3) is 0 Å². The monoisotopic (exact) mass is 341 g/mol. The number of H-pyrrole nitrogens is 1. The van der Waals surface area contributed by atoms with Gasteiger partial charge in [-0.15, -0.1) is 0 Å². The molecule has 25 heavy (non-hydrogen) atoms. The smallest absolute Gasteiger partial charge is 0.231 e. The summed E-state index contributed by atoms with van der Waals surface area (Å²) in [7, 11) is 0. The Kier molecular flexibility index (Phi) is 4.34. The lowest BCUT2D eigenvalue weighted by Gasteiger charge is -2.32. The Balaban J connectivity index is 1.34. The van der Waals surface area contributed by atoms with Crippen molar-refractivity contribution in [2.75, 3.05) is 19.9 Å². The highest BCUT2D eigenvalue weighted by Gasteiger charge is 2.26. The highest BCUT2D eigenvalue weighted by atomic mass is 16.7. The molecular formula is C19H23N3O3. The zero-order chi connectivity index (χ0) is 17.2. The number of hydrogen-bond acceptors (Lipinski definition) is 4. The van der Waals surface area contributed by atoms with Gasteiger partial charge < -0.3 is 14.4 Å². The second kappa shape index (κ2) is 6.78. The minimum Gasteiger partial charge on any atom is -0.454 e. The molecule has 6 heteroatoms. The number of carbonyl (C=O) groups is 1. The van der Waals surface area contributed by atoms with E-state index >= 15 is 0 Å². The number of rotatable bonds is 4. The van der Waals surface area contributed by atoms with Gasteiger partial charge in [0.2, 0.25) is 12.7 Å². The Hall–Kier alpha value is -2.50. The van der Waals surface area contributed by atoms with Gasteiger partial charge in [-0.2, -0.15) is 5.10 Å². The van der Waals surface area contributed by atoms with E-state index in [0.29, 0.717) is 12.3 Å². The van der Waals surface area contributed by atoms with Crippen LogP contribution in [0.2, 0.25) is 0 Å². The van der Waals surface area contributed by atoms with Crippen molar-refractivity contribution < 1.29 is 14.3 Å². The largest absolute Gasteiger partial charge is 0.454 e. The minimum atomic E-state index is 0.217. The molecule has 0 spiro atoms. The molecule has 0 bridgehead atoms. The highest BCUT2D eigenvalue weighted by Crippen LogP contribution is 2.33. The summed E-state index contributed by atoms with van der Waals surface area (Å²) in [5.74, 6) is 2.11. The Morgan fingerprint density at radius 2 is 2.20 bits per heavy atom. The van der Waals surface area contributed by atoms with Crippen LogP contribution >= 0.6 is 0 Å². The Morgan fingerprint density at radius 3 is 3.04 bits per heavy atom. The molecule has 0 saturated carbocycles. The standard InChI is InChI=1S/C19H23N3O3/c1-13-9-16(21-20-13)15-3-2-8-22(11-15)19(23)7-5-14-4-6-17-18(10-14)25-12-24-17/h4,6,9-10,15H,2-3,5,7-8,11-12H2,1H3,(H,20,21)/t15-/m0/s1. The van der Waals surface area contributed by atoms with Gasteiger partial charge in [-0.1, -0.05) is 6.07 Å². The molecule has 1 atom stereocenters. The van der Waals surface area contributed by atoms with Crippen molar-refractivity contribution in [1.29, 1.82) is 0 Å². The molecule has 1 aromatic heterocycles. The molecule has 1 aromatic carbocycles. The molecule has 1 amide bonds. The third-order valence-electron chi connectivity index (χ3n) is 4.98. The first-order valence-corrected chi connectivity index (χ1v) is 8.87.